The number of hydrogen-bond donors (Lipinski definition) is 2. The summed E-state index contributed by atoms with van der Waals surface area (Å²) in [6.45, 7) is 0.463. The average molecular weight is 469 g/mol. The van der Waals surface area contributed by atoms with Gasteiger partial charge in [-0.3, -0.25) is 4.98 Å². The molecule has 1 aliphatic carbocycles. The van der Waals surface area contributed by atoms with E-state index in [2.05, 4.69) is 41.6 Å². The van der Waals surface area contributed by atoms with Crippen LogP contribution in [-0.4, -0.2) is 39.2 Å². The molecule has 1 saturated carbocycles. The van der Waals surface area contributed by atoms with Crippen LogP contribution in [0.5, 0.6) is 0 Å². The van der Waals surface area contributed by atoms with Crippen LogP contribution < -0.4 is 10.6 Å². The van der Waals surface area contributed by atoms with Crippen LogP contribution in [0.4, 0.5) is 19.0 Å². The van der Waals surface area contributed by atoms with Crippen molar-refractivity contribution in [2.75, 3.05) is 18.9 Å². The van der Waals surface area contributed by atoms with Crippen molar-refractivity contribution in [3.8, 4) is 0 Å². The van der Waals surface area contributed by atoms with E-state index in [9.17, 15) is 13.2 Å². The SMILES string of the molecule is CN[C@@H]1CC[C@](CNc2cc(C(F)(F)F)nc3cc(Br)nn23)(c2cccnc2)C1. The smallest absolute Gasteiger partial charge is 0.369 e. The van der Waals surface area contributed by atoms with Gasteiger partial charge in [0.1, 0.15) is 10.4 Å². The zero-order chi connectivity index (χ0) is 20.6. The fourth-order valence-electron chi connectivity index (χ4n) is 4.05. The number of nitrogens with zero attached hydrogens (tertiary/aromatic N) is 4. The fraction of sp³-hybridized carbons (Fsp3) is 0.421. The highest BCUT2D eigenvalue weighted by molar-refractivity contribution is 9.10. The average Bonchev–Trinajstić information content (AvgIpc) is 3.29. The van der Waals surface area contributed by atoms with Crippen LogP contribution in [0.1, 0.15) is 30.5 Å². The molecule has 0 radical (unpaired) electrons. The molecule has 2 atom stereocenters. The number of fused-ring (bicyclic) bond motifs is 1. The van der Waals surface area contributed by atoms with Gasteiger partial charge in [-0.2, -0.15) is 22.8 Å². The van der Waals surface area contributed by atoms with Crippen molar-refractivity contribution < 1.29 is 13.2 Å². The van der Waals surface area contributed by atoms with Crippen molar-refractivity contribution in [1.29, 1.82) is 0 Å². The van der Waals surface area contributed by atoms with Crippen LogP contribution in [-0.2, 0) is 11.6 Å². The van der Waals surface area contributed by atoms with Crippen LogP contribution in [0.25, 0.3) is 5.65 Å². The van der Waals surface area contributed by atoms with Crippen molar-refractivity contribution in [3.05, 3.63) is 52.5 Å². The maximum Gasteiger partial charge on any atom is 0.433 e. The lowest BCUT2D eigenvalue weighted by Gasteiger charge is -2.30. The van der Waals surface area contributed by atoms with Gasteiger partial charge in [-0.05, 0) is 53.9 Å². The molecule has 0 amide bonds. The van der Waals surface area contributed by atoms with E-state index in [1.54, 1.807) is 6.20 Å². The molecular formula is C19H20BrF3N6. The maximum atomic E-state index is 13.3. The van der Waals surface area contributed by atoms with E-state index in [0.29, 0.717) is 17.2 Å². The summed E-state index contributed by atoms with van der Waals surface area (Å²) in [6, 6.07) is 6.73. The predicted octanol–water partition coefficient (Wildman–Crippen LogP) is 4.03. The van der Waals surface area contributed by atoms with E-state index < -0.39 is 11.9 Å². The first kappa shape index (κ1) is 20.1. The number of aromatic nitrogens is 4. The Morgan fingerprint density at radius 3 is 2.83 bits per heavy atom. The molecule has 6 nitrogen and oxygen atoms in total. The molecule has 2 N–H and O–H groups in total. The van der Waals surface area contributed by atoms with Crippen LogP contribution in [0.15, 0.2) is 41.3 Å². The summed E-state index contributed by atoms with van der Waals surface area (Å²) in [5.74, 6) is 0.254. The fourth-order valence-corrected chi connectivity index (χ4v) is 4.41. The number of nitrogens with one attached hydrogen (secondary N) is 2. The van der Waals surface area contributed by atoms with E-state index >= 15 is 0 Å². The molecule has 0 spiro atoms. The molecule has 0 bridgehead atoms. The minimum absolute atomic E-state index is 0.129. The zero-order valence-electron chi connectivity index (χ0n) is 15.7. The second kappa shape index (κ2) is 7.56. The summed E-state index contributed by atoms with van der Waals surface area (Å²) in [7, 11) is 1.93. The first-order chi connectivity index (χ1) is 13.8. The van der Waals surface area contributed by atoms with E-state index in [1.807, 2.05) is 25.4 Å². The quantitative estimate of drug-likeness (QED) is 0.591. The van der Waals surface area contributed by atoms with Gasteiger partial charge in [0.25, 0.3) is 0 Å². The summed E-state index contributed by atoms with van der Waals surface area (Å²) in [5, 5.41) is 10.8. The molecule has 29 heavy (non-hydrogen) atoms. The van der Waals surface area contributed by atoms with Crippen molar-refractivity contribution in [2.45, 2.75) is 36.9 Å². The number of halogens is 4. The molecule has 1 aliphatic rings. The number of alkyl halides is 3. The first-order valence-electron chi connectivity index (χ1n) is 9.26. The molecule has 0 aliphatic heterocycles. The summed E-state index contributed by atoms with van der Waals surface area (Å²) in [5.41, 5.74) is 0.0209. The zero-order valence-corrected chi connectivity index (χ0v) is 17.3. The largest absolute Gasteiger partial charge is 0.433 e. The minimum Gasteiger partial charge on any atom is -0.369 e. The lowest BCUT2D eigenvalue weighted by molar-refractivity contribution is -0.141. The van der Waals surface area contributed by atoms with Gasteiger partial charge in [0, 0.05) is 42.5 Å². The van der Waals surface area contributed by atoms with Crippen LogP contribution in [0.3, 0.4) is 0 Å². The molecule has 0 saturated heterocycles. The topological polar surface area (TPSA) is 67.1 Å². The van der Waals surface area contributed by atoms with Gasteiger partial charge in [0.15, 0.2) is 11.3 Å². The second-order valence-electron chi connectivity index (χ2n) is 7.37. The van der Waals surface area contributed by atoms with Gasteiger partial charge in [0.2, 0.25) is 0 Å². The molecule has 10 heteroatoms. The van der Waals surface area contributed by atoms with Crippen molar-refractivity contribution in [1.82, 2.24) is 24.9 Å². The Balaban J connectivity index is 1.70. The first-order valence-corrected chi connectivity index (χ1v) is 10.1. The molecule has 4 rings (SSSR count). The monoisotopic (exact) mass is 468 g/mol. The molecule has 3 aromatic heterocycles. The lowest BCUT2D eigenvalue weighted by atomic mass is 9.79. The summed E-state index contributed by atoms with van der Waals surface area (Å²) >= 11 is 3.22. The van der Waals surface area contributed by atoms with Crippen molar-refractivity contribution >= 4 is 27.4 Å². The standard InChI is InChI=1S/C19H20BrF3N6/c1-24-13-4-5-18(9-13,12-3-2-6-25-10-12)11-26-16-7-14(19(21,22)23)27-17-8-15(20)28-29(16)17/h2-3,6-8,10,13,24,26H,4-5,9,11H2,1H3/t13-,18+/m1/s1. The number of anilines is 1. The Morgan fingerprint density at radius 1 is 1.34 bits per heavy atom. The van der Waals surface area contributed by atoms with Gasteiger partial charge in [-0.25, -0.2) is 4.98 Å². The number of pyridine rings is 1. The van der Waals surface area contributed by atoms with Crippen LogP contribution >= 0.6 is 15.9 Å². The highest BCUT2D eigenvalue weighted by atomic mass is 79.9. The Morgan fingerprint density at radius 2 is 2.17 bits per heavy atom. The second-order valence-corrected chi connectivity index (χ2v) is 8.18. The molecule has 1 fully saturated rings. The van der Waals surface area contributed by atoms with Crippen LogP contribution in [0, 0.1) is 0 Å². The van der Waals surface area contributed by atoms with E-state index in [1.165, 1.54) is 10.6 Å². The molecule has 3 aromatic rings. The van der Waals surface area contributed by atoms with Gasteiger partial charge in [0.05, 0.1) is 0 Å². The summed E-state index contributed by atoms with van der Waals surface area (Å²) in [4.78, 5) is 7.94. The van der Waals surface area contributed by atoms with Gasteiger partial charge >= 0.3 is 6.18 Å². The van der Waals surface area contributed by atoms with E-state index in [4.69, 9.17) is 0 Å². The van der Waals surface area contributed by atoms with E-state index in [-0.39, 0.29) is 16.9 Å². The summed E-state index contributed by atoms with van der Waals surface area (Å²) < 4.78 is 41.8. The molecule has 0 aromatic carbocycles. The normalized spacial score (nSPS) is 22.3. The van der Waals surface area contributed by atoms with Crippen LogP contribution in [0.2, 0.25) is 0 Å². The third kappa shape index (κ3) is 3.95. The van der Waals surface area contributed by atoms with Gasteiger partial charge in [-0.1, -0.05) is 6.07 Å². The maximum absolute atomic E-state index is 13.3. The minimum atomic E-state index is -4.54. The Labute approximate surface area is 174 Å². The Hall–Kier alpha value is -2.20. The summed E-state index contributed by atoms with van der Waals surface area (Å²) in [6.07, 6.45) is 1.78. The lowest BCUT2D eigenvalue weighted by Crippen LogP contribution is -2.35. The Kier molecular flexibility index (Phi) is 5.24. The van der Waals surface area contributed by atoms with Gasteiger partial charge in [-0.15, -0.1) is 0 Å². The highest BCUT2D eigenvalue weighted by Crippen LogP contribution is 2.41. The van der Waals surface area contributed by atoms with Crippen molar-refractivity contribution in [3.63, 3.8) is 0 Å². The van der Waals surface area contributed by atoms with E-state index in [0.717, 1.165) is 30.9 Å². The molecule has 3 heterocycles. The van der Waals surface area contributed by atoms with Crippen molar-refractivity contribution in [2.24, 2.45) is 0 Å². The third-order valence-corrected chi connectivity index (χ3v) is 5.97. The number of rotatable bonds is 5. The Bertz CT molecular complexity index is 1010. The number of hydrogen-bond acceptors (Lipinski definition) is 5. The molecule has 154 valence electrons. The van der Waals surface area contributed by atoms with Gasteiger partial charge < -0.3 is 10.6 Å². The molecular weight excluding hydrogens is 449 g/mol. The predicted molar refractivity (Wildman–Crippen MR) is 107 cm³/mol. The molecule has 0 unspecified atom stereocenters. The third-order valence-electron chi connectivity index (χ3n) is 5.59. The highest BCUT2D eigenvalue weighted by Gasteiger charge is 2.40.